The van der Waals surface area contributed by atoms with Gasteiger partial charge < -0.3 is 16.4 Å². The largest absolute Gasteiger partial charge is 0.369 e. The van der Waals surface area contributed by atoms with Crippen molar-refractivity contribution in [2.45, 2.75) is 13.8 Å². The van der Waals surface area contributed by atoms with Gasteiger partial charge in [0.05, 0.1) is 5.41 Å². The van der Waals surface area contributed by atoms with Crippen molar-refractivity contribution in [1.82, 2.24) is 5.32 Å². The molecule has 1 aromatic rings. The highest BCUT2D eigenvalue weighted by Crippen LogP contribution is 2.12. The molecule has 0 spiro atoms. The number of hydrogen-bond acceptors (Lipinski definition) is 2. The van der Waals surface area contributed by atoms with Crippen molar-refractivity contribution in [1.29, 1.82) is 0 Å². The topological polar surface area (TPSA) is 67.2 Å². The molecule has 0 fully saturated rings. The number of thiocarbonyl (C=S) groups is 1. The smallest absolute Gasteiger partial charge is 0.224 e. The van der Waals surface area contributed by atoms with Crippen molar-refractivity contribution in [3.05, 3.63) is 30.3 Å². The molecule has 0 aliphatic heterocycles. The molecule has 4 nitrogen and oxygen atoms in total. The minimum atomic E-state index is -0.623. The number of benzene rings is 1. The summed E-state index contributed by atoms with van der Waals surface area (Å²) in [6, 6.07) is 9.58. The lowest BCUT2D eigenvalue weighted by molar-refractivity contribution is -0.125. The lowest BCUT2D eigenvalue weighted by Crippen LogP contribution is -2.43. The zero-order valence-corrected chi connectivity index (χ0v) is 10.8. The SMILES string of the molecule is CC(C)(CNC(=S)Nc1ccccc1)C(N)=O. The summed E-state index contributed by atoms with van der Waals surface area (Å²) in [6.45, 7) is 3.95. The van der Waals surface area contributed by atoms with Gasteiger partial charge in [0.2, 0.25) is 5.91 Å². The first-order valence-electron chi connectivity index (χ1n) is 5.31. The van der Waals surface area contributed by atoms with E-state index in [2.05, 4.69) is 10.6 Å². The average molecular weight is 251 g/mol. The Bertz CT molecular complexity index is 403. The molecule has 0 aromatic heterocycles. The number of amides is 1. The van der Waals surface area contributed by atoms with Crippen LogP contribution in [-0.4, -0.2) is 17.6 Å². The van der Waals surface area contributed by atoms with E-state index in [-0.39, 0.29) is 5.91 Å². The summed E-state index contributed by atoms with van der Waals surface area (Å²) < 4.78 is 0. The van der Waals surface area contributed by atoms with E-state index in [1.807, 2.05) is 30.3 Å². The predicted molar refractivity (Wildman–Crippen MR) is 73.6 cm³/mol. The van der Waals surface area contributed by atoms with Crippen LogP contribution in [0.15, 0.2) is 30.3 Å². The Morgan fingerprint density at radius 1 is 1.35 bits per heavy atom. The molecule has 0 atom stereocenters. The summed E-state index contributed by atoms with van der Waals surface area (Å²) in [5.74, 6) is -0.354. The maximum Gasteiger partial charge on any atom is 0.224 e. The molecule has 1 amide bonds. The van der Waals surface area contributed by atoms with Crippen molar-refractivity contribution in [3.63, 3.8) is 0 Å². The zero-order valence-electron chi connectivity index (χ0n) is 9.99. The van der Waals surface area contributed by atoms with Crippen LogP contribution in [0, 0.1) is 5.41 Å². The van der Waals surface area contributed by atoms with Crippen molar-refractivity contribution in [2.24, 2.45) is 11.1 Å². The van der Waals surface area contributed by atoms with Gasteiger partial charge in [0.1, 0.15) is 0 Å². The second-order valence-electron chi connectivity index (χ2n) is 4.42. The van der Waals surface area contributed by atoms with Crippen LogP contribution in [0.1, 0.15) is 13.8 Å². The fourth-order valence-corrected chi connectivity index (χ4v) is 1.28. The second kappa shape index (κ2) is 5.63. The molecular weight excluding hydrogens is 234 g/mol. The first-order valence-corrected chi connectivity index (χ1v) is 5.72. The normalized spacial score (nSPS) is 10.7. The molecule has 1 aromatic carbocycles. The Balaban J connectivity index is 2.44. The number of para-hydroxylation sites is 1. The molecule has 1 rings (SSSR count). The molecule has 92 valence electrons. The lowest BCUT2D eigenvalue weighted by Gasteiger charge is -2.22. The quantitative estimate of drug-likeness (QED) is 0.709. The first kappa shape index (κ1) is 13.4. The van der Waals surface area contributed by atoms with Gasteiger partial charge in [-0.2, -0.15) is 0 Å². The third kappa shape index (κ3) is 4.40. The van der Waals surface area contributed by atoms with Gasteiger partial charge in [-0.15, -0.1) is 0 Å². The lowest BCUT2D eigenvalue weighted by atomic mass is 9.93. The Kier molecular flexibility index (Phi) is 4.45. The maximum atomic E-state index is 11.1. The van der Waals surface area contributed by atoms with E-state index in [1.165, 1.54) is 0 Å². The van der Waals surface area contributed by atoms with Gasteiger partial charge in [-0.25, -0.2) is 0 Å². The summed E-state index contributed by atoms with van der Waals surface area (Å²) in [7, 11) is 0. The number of rotatable bonds is 4. The summed E-state index contributed by atoms with van der Waals surface area (Å²) in [5.41, 5.74) is 5.55. The summed E-state index contributed by atoms with van der Waals surface area (Å²) in [6.07, 6.45) is 0. The fourth-order valence-electron chi connectivity index (χ4n) is 1.09. The summed E-state index contributed by atoms with van der Waals surface area (Å²) in [4.78, 5) is 11.1. The van der Waals surface area contributed by atoms with E-state index in [4.69, 9.17) is 18.0 Å². The fraction of sp³-hybridized carbons (Fsp3) is 0.333. The Morgan fingerprint density at radius 2 is 1.94 bits per heavy atom. The van der Waals surface area contributed by atoms with Crippen molar-refractivity contribution in [3.8, 4) is 0 Å². The van der Waals surface area contributed by atoms with E-state index in [0.29, 0.717) is 11.7 Å². The van der Waals surface area contributed by atoms with Crippen LogP contribution in [0.25, 0.3) is 0 Å². The van der Waals surface area contributed by atoms with Crippen LogP contribution >= 0.6 is 12.2 Å². The highest BCUT2D eigenvalue weighted by atomic mass is 32.1. The second-order valence-corrected chi connectivity index (χ2v) is 4.83. The minimum Gasteiger partial charge on any atom is -0.369 e. The van der Waals surface area contributed by atoms with E-state index >= 15 is 0 Å². The molecule has 17 heavy (non-hydrogen) atoms. The van der Waals surface area contributed by atoms with Crippen molar-refractivity contribution < 1.29 is 4.79 Å². The van der Waals surface area contributed by atoms with Crippen LogP contribution in [0.3, 0.4) is 0 Å². The van der Waals surface area contributed by atoms with E-state index in [1.54, 1.807) is 13.8 Å². The van der Waals surface area contributed by atoms with Crippen LogP contribution in [0.4, 0.5) is 5.69 Å². The number of hydrogen-bond donors (Lipinski definition) is 3. The number of nitrogens with one attached hydrogen (secondary N) is 2. The van der Waals surface area contributed by atoms with E-state index in [9.17, 15) is 4.79 Å². The molecular formula is C12H17N3OS. The standard InChI is InChI=1S/C12H17N3OS/c1-12(2,10(13)16)8-14-11(17)15-9-6-4-3-5-7-9/h3-7H,8H2,1-2H3,(H2,13,16)(H2,14,15,17). The van der Waals surface area contributed by atoms with Gasteiger partial charge >= 0.3 is 0 Å². The Labute approximate surface area is 107 Å². The van der Waals surface area contributed by atoms with E-state index in [0.717, 1.165) is 5.69 Å². The predicted octanol–water partition coefficient (Wildman–Crippen LogP) is 1.48. The van der Waals surface area contributed by atoms with Gasteiger partial charge in [0, 0.05) is 12.2 Å². The zero-order chi connectivity index (χ0) is 12.9. The van der Waals surface area contributed by atoms with Gasteiger partial charge in [-0.05, 0) is 38.2 Å². The highest BCUT2D eigenvalue weighted by molar-refractivity contribution is 7.80. The molecule has 5 heteroatoms. The van der Waals surface area contributed by atoms with Crippen molar-refractivity contribution >= 4 is 28.9 Å². The molecule has 4 N–H and O–H groups in total. The Hall–Kier alpha value is -1.62. The third-order valence-electron chi connectivity index (χ3n) is 2.39. The van der Waals surface area contributed by atoms with Crippen molar-refractivity contribution in [2.75, 3.05) is 11.9 Å². The molecule has 0 heterocycles. The number of nitrogens with two attached hydrogens (primary N) is 1. The van der Waals surface area contributed by atoms with Crippen LogP contribution in [0.2, 0.25) is 0 Å². The van der Waals surface area contributed by atoms with E-state index < -0.39 is 5.41 Å². The first-order chi connectivity index (χ1) is 7.92. The Morgan fingerprint density at radius 3 is 2.47 bits per heavy atom. The third-order valence-corrected chi connectivity index (χ3v) is 2.64. The average Bonchev–Trinajstić information content (AvgIpc) is 2.28. The van der Waals surface area contributed by atoms with Gasteiger partial charge in [-0.3, -0.25) is 4.79 Å². The van der Waals surface area contributed by atoms with Crippen LogP contribution < -0.4 is 16.4 Å². The van der Waals surface area contributed by atoms with Gasteiger partial charge in [-0.1, -0.05) is 18.2 Å². The highest BCUT2D eigenvalue weighted by Gasteiger charge is 2.24. The minimum absolute atomic E-state index is 0.354. The summed E-state index contributed by atoms with van der Waals surface area (Å²) in [5, 5.41) is 6.47. The number of carbonyl (C=O) groups is 1. The molecule has 0 saturated carbocycles. The molecule has 0 radical (unpaired) electrons. The molecule has 0 aliphatic carbocycles. The van der Waals surface area contributed by atoms with Gasteiger partial charge in [0.15, 0.2) is 5.11 Å². The number of anilines is 1. The maximum absolute atomic E-state index is 11.1. The monoisotopic (exact) mass is 251 g/mol. The molecule has 0 unspecified atom stereocenters. The number of carbonyl (C=O) groups excluding carboxylic acids is 1. The van der Waals surface area contributed by atoms with Crippen LogP contribution in [0.5, 0.6) is 0 Å². The van der Waals surface area contributed by atoms with Gasteiger partial charge in [0.25, 0.3) is 0 Å². The molecule has 0 aliphatic rings. The number of primary amides is 1. The molecule has 0 saturated heterocycles. The summed E-state index contributed by atoms with van der Waals surface area (Å²) >= 11 is 5.12. The van der Waals surface area contributed by atoms with Crippen LogP contribution in [-0.2, 0) is 4.79 Å². The molecule has 0 bridgehead atoms.